The Balaban J connectivity index is 1.04. The van der Waals surface area contributed by atoms with Crippen LogP contribution in [0.15, 0.2) is 194 Å². The Bertz CT molecular complexity index is 3410. The van der Waals surface area contributed by atoms with E-state index >= 15 is 0 Å². The van der Waals surface area contributed by atoms with Gasteiger partial charge in [0.2, 0.25) is 0 Å². The van der Waals surface area contributed by atoms with Crippen LogP contribution in [0.25, 0.3) is 109 Å². The molecule has 0 nitrogen and oxygen atoms in total. The van der Waals surface area contributed by atoms with Gasteiger partial charge in [-0.05, 0) is 132 Å². The summed E-state index contributed by atoms with van der Waals surface area (Å²) in [6, 6.07) is 72.5. The van der Waals surface area contributed by atoms with Crippen molar-refractivity contribution >= 4 is 64.6 Å². The van der Waals surface area contributed by atoms with Crippen molar-refractivity contribution in [2.75, 3.05) is 0 Å². The molecule has 266 valence electrons. The topological polar surface area (TPSA) is 0 Å². The predicted molar refractivity (Wildman–Crippen MR) is 245 cm³/mol. The lowest BCUT2D eigenvalue weighted by molar-refractivity contribution is 0.666. The smallest absolute Gasteiger partial charge is 0.0165 e. The summed E-state index contributed by atoms with van der Waals surface area (Å²) in [5.41, 5.74) is 13.0. The maximum Gasteiger partial charge on any atom is 0.0165 e. The number of hydrogen-bond acceptors (Lipinski definition) is 0. The fourth-order valence-corrected chi connectivity index (χ4v) is 10.5. The Hall–Kier alpha value is -7.02. The maximum atomic E-state index is 2.45. The second kappa shape index (κ2) is 12.0. The first-order valence-electron chi connectivity index (χ1n) is 20.1. The molecule has 0 bridgehead atoms. The fraction of sp³-hybridized carbons (Fsp3) is 0.0526. The molecule has 0 heteroatoms. The van der Waals surface area contributed by atoms with Gasteiger partial charge >= 0.3 is 0 Å². The molecule has 0 amide bonds. The Labute approximate surface area is 332 Å². The summed E-state index contributed by atoms with van der Waals surface area (Å²) in [6.07, 6.45) is 0. The number of rotatable bonds is 3. The molecule has 0 atom stereocenters. The summed E-state index contributed by atoms with van der Waals surface area (Å²) in [4.78, 5) is 0. The second-order valence-electron chi connectivity index (χ2n) is 16.3. The van der Waals surface area contributed by atoms with Crippen LogP contribution in [0.3, 0.4) is 0 Å². The van der Waals surface area contributed by atoms with E-state index in [1.54, 1.807) is 0 Å². The molecule has 0 aliphatic heterocycles. The molecule has 0 spiro atoms. The van der Waals surface area contributed by atoms with Gasteiger partial charge in [-0.2, -0.15) is 0 Å². The lowest BCUT2D eigenvalue weighted by atomic mass is 9.79. The molecule has 11 aromatic rings. The summed E-state index contributed by atoms with van der Waals surface area (Å²) in [5, 5.41) is 15.6. The molecule has 0 fully saturated rings. The summed E-state index contributed by atoms with van der Waals surface area (Å²) >= 11 is 0. The summed E-state index contributed by atoms with van der Waals surface area (Å²) < 4.78 is 0. The molecule has 0 aromatic heterocycles. The Kier molecular flexibility index (Phi) is 6.78. The third-order valence-electron chi connectivity index (χ3n) is 13.0. The standard InChI is InChI=1S/C57H38/c1-57(2)52-32-31-37(33-51(52)55-44-21-9-7-18-41(44)42-19-8-14-26-49(42)56(55)57)35-27-29-36(30-28-35)53-45-22-10-12-24-47(45)54(48-25-13-11-23-46(48)53)50-34-38-15-3-4-16-39(38)40-17-5-6-20-43(40)50/h3-34H,1-2H3. The van der Waals surface area contributed by atoms with E-state index in [-0.39, 0.29) is 5.41 Å². The van der Waals surface area contributed by atoms with Gasteiger partial charge in [0, 0.05) is 5.41 Å². The molecule has 57 heavy (non-hydrogen) atoms. The molecule has 0 unspecified atom stereocenters. The van der Waals surface area contributed by atoms with Crippen molar-refractivity contribution in [1.82, 2.24) is 0 Å². The first kappa shape index (κ1) is 32.2. The summed E-state index contributed by atoms with van der Waals surface area (Å²) in [5.74, 6) is 0. The van der Waals surface area contributed by atoms with Crippen LogP contribution in [0.4, 0.5) is 0 Å². The SMILES string of the molecule is CC1(C)c2ccc(-c3ccc(-c4c5ccccc5c(-c5cc6ccccc6c6ccccc56)c5ccccc45)cc3)cc2-c2c1c1ccccc1c1ccccc21. The van der Waals surface area contributed by atoms with Gasteiger partial charge in [0.1, 0.15) is 0 Å². The van der Waals surface area contributed by atoms with E-state index in [1.807, 2.05) is 0 Å². The van der Waals surface area contributed by atoms with E-state index in [9.17, 15) is 0 Å². The molecule has 1 aliphatic rings. The van der Waals surface area contributed by atoms with Crippen molar-refractivity contribution in [3.63, 3.8) is 0 Å². The highest BCUT2D eigenvalue weighted by molar-refractivity contribution is 6.26. The number of fused-ring (bicyclic) bond motifs is 13. The largest absolute Gasteiger partial charge is 0.0616 e. The zero-order valence-electron chi connectivity index (χ0n) is 32.0. The minimum absolute atomic E-state index is 0.107. The highest BCUT2D eigenvalue weighted by Crippen LogP contribution is 2.55. The average molecular weight is 723 g/mol. The average Bonchev–Trinajstić information content (AvgIpc) is 3.51. The fourth-order valence-electron chi connectivity index (χ4n) is 10.5. The maximum absolute atomic E-state index is 2.45. The van der Waals surface area contributed by atoms with Crippen molar-refractivity contribution in [1.29, 1.82) is 0 Å². The van der Waals surface area contributed by atoms with E-state index in [0.29, 0.717) is 0 Å². The molecular formula is C57H38. The normalized spacial score (nSPS) is 13.2. The molecule has 0 heterocycles. The molecule has 1 aliphatic carbocycles. The van der Waals surface area contributed by atoms with Crippen molar-refractivity contribution in [2.45, 2.75) is 19.3 Å². The molecular weight excluding hydrogens is 685 g/mol. The Morgan fingerprint density at radius 3 is 1.32 bits per heavy atom. The van der Waals surface area contributed by atoms with E-state index in [4.69, 9.17) is 0 Å². The van der Waals surface area contributed by atoms with Crippen molar-refractivity contribution in [3.8, 4) is 44.5 Å². The highest BCUT2D eigenvalue weighted by atomic mass is 14.4. The molecule has 0 radical (unpaired) electrons. The summed E-state index contributed by atoms with van der Waals surface area (Å²) in [6.45, 7) is 4.80. The summed E-state index contributed by atoms with van der Waals surface area (Å²) in [7, 11) is 0. The van der Waals surface area contributed by atoms with Gasteiger partial charge in [-0.3, -0.25) is 0 Å². The minimum atomic E-state index is -0.107. The van der Waals surface area contributed by atoms with Crippen LogP contribution in [0.1, 0.15) is 25.0 Å². The van der Waals surface area contributed by atoms with Gasteiger partial charge in [0.15, 0.2) is 0 Å². The molecule has 0 saturated carbocycles. The second-order valence-corrected chi connectivity index (χ2v) is 16.3. The quantitative estimate of drug-likeness (QED) is 0.126. The van der Waals surface area contributed by atoms with Crippen molar-refractivity contribution in [2.24, 2.45) is 0 Å². The predicted octanol–water partition coefficient (Wildman–Crippen LogP) is 15.9. The molecule has 12 rings (SSSR count). The lowest BCUT2D eigenvalue weighted by Gasteiger charge is -2.24. The lowest BCUT2D eigenvalue weighted by Crippen LogP contribution is -2.15. The van der Waals surface area contributed by atoms with Crippen molar-refractivity contribution < 1.29 is 0 Å². The Morgan fingerprint density at radius 2 is 0.702 bits per heavy atom. The Morgan fingerprint density at radius 1 is 0.281 bits per heavy atom. The van der Waals surface area contributed by atoms with Gasteiger partial charge in [0.25, 0.3) is 0 Å². The minimum Gasteiger partial charge on any atom is -0.0616 e. The van der Waals surface area contributed by atoms with Crippen LogP contribution in [0.2, 0.25) is 0 Å². The van der Waals surface area contributed by atoms with Gasteiger partial charge in [-0.15, -0.1) is 0 Å². The molecule has 0 saturated heterocycles. The third kappa shape index (κ3) is 4.56. The van der Waals surface area contributed by atoms with Crippen molar-refractivity contribution in [3.05, 3.63) is 205 Å². The number of benzene rings is 11. The first-order valence-corrected chi connectivity index (χ1v) is 20.1. The zero-order chi connectivity index (χ0) is 37.8. The van der Waals surface area contributed by atoms with Crippen LogP contribution >= 0.6 is 0 Å². The third-order valence-corrected chi connectivity index (χ3v) is 13.0. The van der Waals surface area contributed by atoms with Crippen LogP contribution in [-0.4, -0.2) is 0 Å². The molecule has 11 aromatic carbocycles. The van der Waals surface area contributed by atoms with E-state index < -0.39 is 0 Å². The van der Waals surface area contributed by atoms with E-state index in [1.165, 1.54) is 120 Å². The zero-order valence-corrected chi connectivity index (χ0v) is 32.0. The molecule has 0 N–H and O–H groups in total. The monoisotopic (exact) mass is 722 g/mol. The van der Waals surface area contributed by atoms with Gasteiger partial charge < -0.3 is 0 Å². The van der Waals surface area contributed by atoms with Gasteiger partial charge in [-0.25, -0.2) is 0 Å². The van der Waals surface area contributed by atoms with Crippen LogP contribution < -0.4 is 0 Å². The van der Waals surface area contributed by atoms with Crippen LogP contribution in [0, 0.1) is 0 Å². The van der Waals surface area contributed by atoms with Crippen LogP contribution in [-0.2, 0) is 5.41 Å². The number of hydrogen-bond donors (Lipinski definition) is 0. The van der Waals surface area contributed by atoms with Crippen LogP contribution in [0.5, 0.6) is 0 Å². The highest BCUT2D eigenvalue weighted by Gasteiger charge is 2.38. The first-order chi connectivity index (χ1) is 28.1. The van der Waals surface area contributed by atoms with Gasteiger partial charge in [-0.1, -0.05) is 196 Å². The van der Waals surface area contributed by atoms with E-state index in [0.717, 1.165) is 0 Å². The van der Waals surface area contributed by atoms with E-state index in [2.05, 4.69) is 208 Å². The van der Waals surface area contributed by atoms with Gasteiger partial charge in [0.05, 0.1) is 0 Å².